The standard InChI is InChI=1S/C18H21N7OS.ClH/c1-24-11-10-20-18(24)27-15-4-2-13(3-5-15)21-17(26)16-12-25(23-22-16)14-6-8-19-9-7-14;/h2-5,10-12,14,19H,6-9H2,1H3,(H,21,26);1H. The van der Waals surface area contributed by atoms with Crippen molar-refractivity contribution in [3.8, 4) is 0 Å². The van der Waals surface area contributed by atoms with Crippen LogP contribution in [0, 0.1) is 0 Å². The van der Waals surface area contributed by atoms with E-state index >= 15 is 0 Å². The maximum absolute atomic E-state index is 12.4. The number of nitrogens with one attached hydrogen (secondary N) is 2. The molecule has 3 aromatic rings. The van der Waals surface area contributed by atoms with Crippen molar-refractivity contribution in [2.75, 3.05) is 18.4 Å². The van der Waals surface area contributed by atoms with Crippen LogP contribution in [0.2, 0.25) is 0 Å². The van der Waals surface area contributed by atoms with Gasteiger partial charge in [-0.1, -0.05) is 17.0 Å². The van der Waals surface area contributed by atoms with E-state index in [2.05, 4.69) is 25.9 Å². The summed E-state index contributed by atoms with van der Waals surface area (Å²) >= 11 is 1.57. The number of nitrogens with zero attached hydrogens (tertiary/aromatic N) is 5. The molecule has 28 heavy (non-hydrogen) atoms. The highest BCUT2D eigenvalue weighted by molar-refractivity contribution is 7.99. The molecule has 4 rings (SSSR count). The summed E-state index contributed by atoms with van der Waals surface area (Å²) < 4.78 is 3.77. The number of benzene rings is 1. The van der Waals surface area contributed by atoms with Crippen LogP contribution in [0.5, 0.6) is 0 Å². The van der Waals surface area contributed by atoms with Crippen LogP contribution in [0.4, 0.5) is 5.69 Å². The summed E-state index contributed by atoms with van der Waals surface area (Å²) in [4.78, 5) is 17.8. The first-order valence-corrected chi connectivity index (χ1v) is 9.70. The molecule has 1 fully saturated rings. The number of aryl methyl sites for hydroxylation is 1. The summed E-state index contributed by atoms with van der Waals surface area (Å²) in [5.74, 6) is -0.250. The minimum atomic E-state index is -0.250. The number of rotatable bonds is 5. The Morgan fingerprint density at radius 1 is 1.25 bits per heavy atom. The molecule has 1 aliphatic heterocycles. The molecule has 0 saturated carbocycles. The highest BCUT2D eigenvalue weighted by atomic mass is 35.5. The first-order chi connectivity index (χ1) is 13.2. The number of piperidine rings is 1. The molecule has 1 aromatic carbocycles. The van der Waals surface area contributed by atoms with Gasteiger partial charge in [-0.25, -0.2) is 9.67 Å². The van der Waals surface area contributed by atoms with E-state index in [4.69, 9.17) is 0 Å². The fourth-order valence-corrected chi connectivity index (χ4v) is 3.79. The number of amides is 1. The fraction of sp³-hybridized carbons (Fsp3) is 0.333. The Hall–Kier alpha value is -2.36. The molecule has 0 atom stereocenters. The van der Waals surface area contributed by atoms with Gasteiger partial charge < -0.3 is 15.2 Å². The number of imidazole rings is 1. The monoisotopic (exact) mass is 419 g/mol. The number of hydrogen-bond donors (Lipinski definition) is 2. The number of halogens is 1. The quantitative estimate of drug-likeness (QED) is 0.661. The smallest absolute Gasteiger partial charge is 0.277 e. The molecule has 0 bridgehead atoms. The normalized spacial score (nSPS) is 14.5. The molecule has 0 radical (unpaired) electrons. The molecule has 148 valence electrons. The molecule has 3 heterocycles. The van der Waals surface area contributed by atoms with E-state index in [1.807, 2.05) is 46.8 Å². The number of aromatic nitrogens is 5. The van der Waals surface area contributed by atoms with Gasteiger partial charge in [-0.05, 0) is 50.2 Å². The second-order valence-corrected chi connectivity index (χ2v) is 7.51. The molecular weight excluding hydrogens is 398 g/mol. The van der Waals surface area contributed by atoms with Crippen LogP contribution in [0.15, 0.2) is 52.9 Å². The summed E-state index contributed by atoms with van der Waals surface area (Å²) in [6, 6.07) is 7.98. The zero-order valence-electron chi connectivity index (χ0n) is 15.4. The van der Waals surface area contributed by atoms with Crippen LogP contribution in [0.3, 0.4) is 0 Å². The van der Waals surface area contributed by atoms with E-state index in [9.17, 15) is 4.79 Å². The molecule has 1 saturated heterocycles. The Kier molecular flexibility index (Phi) is 6.71. The Balaban J connectivity index is 0.00000225. The van der Waals surface area contributed by atoms with Crippen LogP contribution in [-0.2, 0) is 7.05 Å². The van der Waals surface area contributed by atoms with Crippen molar-refractivity contribution in [3.05, 3.63) is 48.5 Å². The minimum Gasteiger partial charge on any atom is -0.329 e. The number of carbonyl (C=O) groups is 1. The Bertz CT molecular complexity index is 918. The van der Waals surface area contributed by atoms with Gasteiger partial charge in [0.1, 0.15) is 0 Å². The summed E-state index contributed by atoms with van der Waals surface area (Å²) in [7, 11) is 1.96. The fourth-order valence-electron chi connectivity index (χ4n) is 2.99. The second kappa shape index (κ2) is 9.22. The SMILES string of the molecule is Cl.Cn1ccnc1Sc1ccc(NC(=O)c2cn(C3CCNCC3)nn2)cc1. The summed E-state index contributed by atoms with van der Waals surface area (Å²) in [6.45, 7) is 1.93. The molecule has 1 aliphatic rings. The number of carbonyl (C=O) groups excluding carboxylic acids is 1. The van der Waals surface area contributed by atoms with E-state index in [1.165, 1.54) is 0 Å². The van der Waals surface area contributed by atoms with Gasteiger partial charge in [-0.2, -0.15) is 0 Å². The topological polar surface area (TPSA) is 89.7 Å². The van der Waals surface area contributed by atoms with Gasteiger partial charge in [0.25, 0.3) is 5.91 Å². The molecule has 0 spiro atoms. The average Bonchev–Trinajstić information content (AvgIpc) is 3.34. The van der Waals surface area contributed by atoms with Gasteiger partial charge >= 0.3 is 0 Å². The third kappa shape index (κ3) is 4.73. The molecule has 0 aliphatic carbocycles. The van der Waals surface area contributed by atoms with Crippen molar-refractivity contribution in [1.82, 2.24) is 29.9 Å². The highest BCUT2D eigenvalue weighted by Gasteiger charge is 2.18. The van der Waals surface area contributed by atoms with Crippen molar-refractivity contribution in [3.63, 3.8) is 0 Å². The molecule has 2 aromatic heterocycles. The predicted octanol–water partition coefficient (Wildman–Crippen LogP) is 2.76. The minimum absolute atomic E-state index is 0. The van der Waals surface area contributed by atoms with Crippen molar-refractivity contribution in [2.45, 2.75) is 28.9 Å². The Morgan fingerprint density at radius 2 is 2.00 bits per heavy atom. The Morgan fingerprint density at radius 3 is 2.68 bits per heavy atom. The summed E-state index contributed by atoms with van der Waals surface area (Å²) in [6.07, 6.45) is 7.41. The van der Waals surface area contributed by atoms with E-state index in [-0.39, 0.29) is 18.3 Å². The number of hydrogen-bond acceptors (Lipinski definition) is 6. The first-order valence-electron chi connectivity index (χ1n) is 8.88. The van der Waals surface area contributed by atoms with E-state index in [0.29, 0.717) is 11.7 Å². The lowest BCUT2D eigenvalue weighted by Crippen LogP contribution is -2.29. The first kappa shape index (κ1) is 20.4. The van der Waals surface area contributed by atoms with Gasteiger partial charge in [-0.3, -0.25) is 4.79 Å². The summed E-state index contributed by atoms with van der Waals surface area (Å²) in [5.41, 5.74) is 1.06. The average molecular weight is 420 g/mol. The van der Waals surface area contributed by atoms with Crippen molar-refractivity contribution in [2.24, 2.45) is 7.05 Å². The molecule has 10 heteroatoms. The predicted molar refractivity (Wildman–Crippen MR) is 110 cm³/mol. The third-order valence-electron chi connectivity index (χ3n) is 4.52. The van der Waals surface area contributed by atoms with E-state index in [0.717, 1.165) is 41.7 Å². The summed E-state index contributed by atoms with van der Waals surface area (Å²) in [5, 5.41) is 15.3. The van der Waals surface area contributed by atoms with Crippen LogP contribution >= 0.6 is 24.2 Å². The van der Waals surface area contributed by atoms with Crippen molar-refractivity contribution in [1.29, 1.82) is 0 Å². The van der Waals surface area contributed by atoms with Gasteiger partial charge in [0.05, 0.1) is 12.2 Å². The van der Waals surface area contributed by atoms with E-state index < -0.39 is 0 Å². The van der Waals surface area contributed by atoms with Gasteiger partial charge in [0, 0.05) is 30.0 Å². The lowest BCUT2D eigenvalue weighted by Gasteiger charge is -2.22. The largest absolute Gasteiger partial charge is 0.329 e. The number of anilines is 1. The van der Waals surface area contributed by atoms with Crippen LogP contribution in [0.1, 0.15) is 29.4 Å². The van der Waals surface area contributed by atoms with Crippen LogP contribution in [0.25, 0.3) is 0 Å². The lowest BCUT2D eigenvalue weighted by atomic mass is 10.1. The van der Waals surface area contributed by atoms with Gasteiger partial charge in [-0.15, -0.1) is 17.5 Å². The van der Waals surface area contributed by atoms with Crippen LogP contribution in [-0.4, -0.2) is 43.5 Å². The molecule has 8 nitrogen and oxygen atoms in total. The maximum atomic E-state index is 12.4. The third-order valence-corrected chi connectivity index (χ3v) is 5.61. The van der Waals surface area contributed by atoms with Crippen LogP contribution < -0.4 is 10.6 Å². The zero-order chi connectivity index (χ0) is 18.6. The van der Waals surface area contributed by atoms with Gasteiger partial charge in [0.2, 0.25) is 0 Å². The van der Waals surface area contributed by atoms with E-state index in [1.54, 1.807) is 24.2 Å². The molecular formula is C18H22ClN7OS. The van der Waals surface area contributed by atoms with Crippen molar-refractivity contribution < 1.29 is 4.79 Å². The zero-order valence-corrected chi connectivity index (χ0v) is 17.0. The molecule has 0 unspecified atom stereocenters. The maximum Gasteiger partial charge on any atom is 0.277 e. The lowest BCUT2D eigenvalue weighted by molar-refractivity contribution is 0.102. The van der Waals surface area contributed by atoms with Crippen molar-refractivity contribution >= 4 is 35.8 Å². The second-order valence-electron chi connectivity index (χ2n) is 6.47. The van der Waals surface area contributed by atoms with Gasteiger partial charge in [0.15, 0.2) is 10.9 Å². The molecule has 1 amide bonds. The highest BCUT2D eigenvalue weighted by Crippen LogP contribution is 2.27. The molecule has 2 N–H and O–H groups in total. The Labute approximate surface area is 173 Å².